The van der Waals surface area contributed by atoms with Gasteiger partial charge in [0.25, 0.3) is 0 Å². The van der Waals surface area contributed by atoms with Crippen LogP contribution < -0.4 is 10.2 Å². The highest BCUT2D eigenvalue weighted by Gasteiger charge is 2.24. The number of carbonyl (C=O) groups is 1. The van der Waals surface area contributed by atoms with E-state index in [0.717, 1.165) is 21.1 Å². The first kappa shape index (κ1) is 10.7. The van der Waals surface area contributed by atoms with E-state index in [2.05, 4.69) is 26.2 Å². The second-order valence-electron chi connectivity index (χ2n) is 3.60. The summed E-state index contributed by atoms with van der Waals surface area (Å²) in [5.41, 5.74) is 1.81. The predicted molar refractivity (Wildman–Crippen MR) is 71.9 cm³/mol. The Hall–Kier alpha value is -1.40. The molecule has 0 fully saturated rings. The lowest BCUT2D eigenvalue weighted by atomic mass is 10.2. The number of thiazole rings is 1. The first-order valence-corrected chi connectivity index (χ1v) is 6.69. The van der Waals surface area contributed by atoms with E-state index in [9.17, 15) is 4.79 Å². The number of hydrogen-bond donors (Lipinski definition) is 1. The van der Waals surface area contributed by atoms with Crippen molar-refractivity contribution < 1.29 is 4.79 Å². The molecule has 3 rings (SSSR count). The molecule has 0 saturated carbocycles. The van der Waals surface area contributed by atoms with Gasteiger partial charge in [-0.25, -0.2) is 4.98 Å². The molecule has 1 aromatic carbocycles. The number of fused-ring (bicyclic) bond motifs is 1. The van der Waals surface area contributed by atoms with Crippen molar-refractivity contribution in [3.63, 3.8) is 0 Å². The standard InChI is InChI=1S/C11H8BrN3OS/c12-9-6-17-11(14-9)15-5-10(16)13-7-3-1-2-4-8(7)15/h1-4,6H,5H2,(H,13,16). The highest BCUT2D eigenvalue weighted by atomic mass is 79.9. The zero-order chi connectivity index (χ0) is 11.8. The number of aromatic nitrogens is 1. The molecule has 0 spiro atoms. The maximum absolute atomic E-state index is 11.6. The van der Waals surface area contributed by atoms with Crippen LogP contribution in [0.25, 0.3) is 0 Å². The molecule has 1 aliphatic heterocycles. The van der Waals surface area contributed by atoms with Gasteiger partial charge in [-0.3, -0.25) is 4.79 Å². The maximum atomic E-state index is 11.6. The fourth-order valence-electron chi connectivity index (χ4n) is 1.77. The molecule has 2 heterocycles. The molecule has 86 valence electrons. The van der Waals surface area contributed by atoms with E-state index in [1.807, 2.05) is 34.5 Å². The highest BCUT2D eigenvalue weighted by molar-refractivity contribution is 9.10. The van der Waals surface area contributed by atoms with Crippen LogP contribution in [-0.4, -0.2) is 17.4 Å². The Morgan fingerprint density at radius 1 is 1.41 bits per heavy atom. The minimum absolute atomic E-state index is 0.0185. The molecule has 17 heavy (non-hydrogen) atoms. The summed E-state index contributed by atoms with van der Waals surface area (Å²) in [5.74, 6) is -0.0185. The monoisotopic (exact) mass is 309 g/mol. The topological polar surface area (TPSA) is 45.2 Å². The smallest absolute Gasteiger partial charge is 0.244 e. The molecule has 0 bridgehead atoms. The van der Waals surface area contributed by atoms with Crippen LogP contribution in [0.2, 0.25) is 0 Å². The van der Waals surface area contributed by atoms with Gasteiger partial charge in [0.1, 0.15) is 11.1 Å². The average Bonchev–Trinajstić information content (AvgIpc) is 2.74. The molecule has 4 nitrogen and oxygen atoms in total. The third-order valence-corrected chi connectivity index (χ3v) is 4.04. The van der Waals surface area contributed by atoms with Crippen molar-refractivity contribution in [3.05, 3.63) is 34.2 Å². The number of rotatable bonds is 1. The van der Waals surface area contributed by atoms with Gasteiger partial charge >= 0.3 is 0 Å². The van der Waals surface area contributed by atoms with Gasteiger partial charge in [0.2, 0.25) is 5.91 Å². The van der Waals surface area contributed by atoms with Crippen LogP contribution in [0, 0.1) is 0 Å². The van der Waals surface area contributed by atoms with E-state index < -0.39 is 0 Å². The maximum Gasteiger partial charge on any atom is 0.244 e. The molecular formula is C11H8BrN3OS. The van der Waals surface area contributed by atoms with Gasteiger partial charge in [0.05, 0.1) is 11.4 Å². The largest absolute Gasteiger partial charge is 0.323 e. The van der Waals surface area contributed by atoms with Gasteiger partial charge < -0.3 is 10.2 Å². The Morgan fingerprint density at radius 3 is 3.00 bits per heavy atom. The molecule has 1 aromatic heterocycles. The van der Waals surface area contributed by atoms with E-state index in [1.54, 1.807) is 0 Å². The Bertz CT molecular complexity index is 584. The first-order valence-electron chi connectivity index (χ1n) is 5.01. The van der Waals surface area contributed by atoms with Crippen molar-refractivity contribution in [1.29, 1.82) is 0 Å². The first-order chi connectivity index (χ1) is 8.24. The lowest BCUT2D eigenvalue weighted by molar-refractivity contribution is -0.115. The summed E-state index contributed by atoms with van der Waals surface area (Å²) in [5, 5.41) is 5.58. The van der Waals surface area contributed by atoms with E-state index in [1.165, 1.54) is 11.3 Å². The summed E-state index contributed by atoms with van der Waals surface area (Å²) in [6, 6.07) is 7.72. The van der Waals surface area contributed by atoms with Crippen molar-refractivity contribution in [2.75, 3.05) is 16.8 Å². The molecule has 0 unspecified atom stereocenters. The molecule has 1 N–H and O–H groups in total. The van der Waals surface area contributed by atoms with Crippen molar-refractivity contribution in [1.82, 2.24) is 4.98 Å². The minimum Gasteiger partial charge on any atom is -0.323 e. The molecule has 0 radical (unpaired) electrons. The Balaban J connectivity index is 2.09. The molecule has 0 aliphatic carbocycles. The number of carbonyl (C=O) groups excluding carboxylic acids is 1. The number of amides is 1. The van der Waals surface area contributed by atoms with Crippen molar-refractivity contribution in [3.8, 4) is 0 Å². The van der Waals surface area contributed by atoms with Crippen LogP contribution in [0.1, 0.15) is 0 Å². The normalized spacial score (nSPS) is 14.4. The lowest BCUT2D eigenvalue weighted by Gasteiger charge is -2.28. The van der Waals surface area contributed by atoms with Crippen LogP contribution in [-0.2, 0) is 4.79 Å². The second-order valence-corrected chi connectivity index (χ2v) is 5.25. The second kappa shape index (κ2) is 4.12. The predicted octanol–water partition coefficient (Wildman–Crippen LogP) is 3.00. The molecule has 1 aliphatic rings. The molecule has 6 heteroatoms. The number of nitrogens with zero attached hydrogens (tertiary/aromatic N) is 2. The summed E-state index contributed by atoms with van der Waals surface area (Å²) in [6.07, 6.45) is 0. The number of halogens is 1. The summed E-state index contributed by atoms with van der Waals surface area (Å²) in [6.45, 7) is 0.303. The zero-order valence-electron chi connectivity index (χ0n) is 8.68. The van der Waals surface area contributed by atoms with Crippen LogP contribution in [0.5, 0.6) is 0 Å². The van der Waals surface area contributed by atoms with Crippen LogP contribution in [0.15, 0.2) is 34.2 Å². The minimum atomic E-state index is -0.0185. The third kappa shape index (κ3) is 1.94. The van der Waals surface area contributed by atoms with Crippen molar-refractivity contribution >= 4 is 49.7 Å². The molecule has 2 aromatic rings. The quantitative estimate of drug-likeness (QED) is 0.881. The van der Waals surface area contributed by atoms with Gasteiger partial charge in [0, 0.05) is 5.38 Å². The molecule has 1 amide bonds. The SMILES string of the molecule is O=C1CN(c2nc(Br)cs2)c2ccccc2N1. The molecule has 0 atom stereocenters. The van der Waals surface area contributed by atoms with Crippen LogP contribution in [0.3, 0.4) is 0 Å². The number of anilines is 3. The van der Waals surface area contributed by atoms with Crippen LogP contribution >= 0.6 is 27.3 Å². The van der Waals surface area contributed by atoms with Gasteiger partial charge in [-0.2, -0.15) is 0 Å². The summed E-state index contributed by atoms with van der Waals surface area (Å²) in [4.78, 5) is 17.9. The number of benzene rings is 1. The van der Waals surface area contributed by atoms with E-state index in [0.29, 0.717) is 6.54 Å². The van der Waals surface area contributed by atoms with E-state index >= 15 is 0 Å². The van der Waals surface area contributed by atoms with Gasteiger partial charge in [-0.1, -0.05) is 12.1 Å². The van der Waals surface area contributed by atoms with E-state index in [4.69, 9.17) is 0 Å². The van der Waals surface area contributed by atoms with Crippen molar-refractivity contribution in [2.24, 2.45) is 0 Å². The Kier molecular flexibility index (Phi) is 2.60. The zero-order valence-corrected chi connectivity index (χ0v) is 11.1. The third-order valence-electron chi connectivity index (χ3n) is 2.47. The fourth-order valence-corrected chi connectivity index (χ4v) is 3.04. The summed E-state index contributed by atoms with van der Waals surface area (Å²) >= 11 is 4.84. The summed E-state index contributed by atoms with van der Waals surface area (Å²) < 4.78 is 0.793. The highest BCUT2D eigenvalue weighted by Crippen LogP contribution is 2.36. The van der Waals surface area contributed by atoms with Crippen molar-refractivity contribution in [2.45, 2.75) is 0 Å². The number of nitrogens with one attached hydrogen (secondary N) is 1. The van der Waals surface area contributed by atoms with Gasteiger partial charge in [-0.15, -0.1) is 11.3 Å². The Morgan fingerprint density at radius 2 is 2.24 bits per heavy atom. The molecule has 0 saturated heterocycles. The van der Waals surface area contributed by atoms with Crippen LogP contribution in [0.4, 0.5) is 16.5 Å². The average molecular weight is 310 g/mol. The lowest BCUT2D eigenvalue weighted by Crippen LogP contribution is -2.34. The number of para-hydroxylation sites is 2. The van der Waals surface area contributed by atoms with E-state index in [-0.39, 0.29) is 5.91 Å². The fraction of sp³-hybridized carbons (Fsp3) is 0.0909. The summed E-state index contributed by atoms with van der Waals surface area (Å²) in [7, 11) is 0. The number of hydrogen-bond acceptors (Lipinski definition) is 4. The van der Waals surface area contributed by atoms with Gasteiger partial charge in [0.15, 0.2) is 5.13 Å². The molecular weight excluding hydrogens is 302 g/mol. The Labute approximate surface area is 110 Å². The van der Waals surface area contributed by atoms with Gasteiger partial charge in [-0.05, 0) is 28.1 Å².